The van der Waals surface area contributed by atoms with Crippen LogP contribution in [-0.4, -0.2) is 29.1 Å². The van der Waals surface area contributed by atoms with Gasteiger partial charge in [0.15, 0.2) is 0 Å². The number of amides is 1. The van der Waals surface area contributed by atoms with Gasteiger partial charge in [-0.1, -0.05) is 39.5 Å². The minimum atomic E-state index is -0.135. The Hall–Kier alpha value is -1.86. The molecule has 1 heterocycles. The van der Waals surface area contributed by atoms with Gasteiger partial charge < -0.3 is 10.4 Å². The van der Waals surface area contributed by atoms with Crippen molar-refractivity contribution in [3.8, 4) is 11.8 Å². The maximum atomic E-state index is 12.1. The Balaban J connectivity index is 2.67. The third-order valence-electron chi connectivity index (χ3n) is 3.52. The summed E-state index contributed by atoms with van der Waals surface area (Å²) in [6, 6.07) is 1.72. The number of pyridine rings is 1. The molecule has 4 heteroatoms. The van der Waals surface area contributed by atoms with E-state index in [0.29, 0.717) is 30.0 Å². The molecule has 0 spiro atoms. The first-order valence-electron chi connectivity index (χ1n) is 7.17. The van der Waals surface area contributed by atoms with Gasteiger partial charge in [-0.3, -0.25) is 9.78 Å². The van der Waals surface area contributed by atoms with Crippen molar-refractivity contribution in [2.24, 2.45) is 11.3 Å². The summed E-state index contributed by atoms with van der Waals surface area (Å²) in [6.07, 6.45) is 3.56. The molecule has 0 saturated carbocycles. The SMILES string of the molecule is CC(CNC(=O)c1cncc(C#CCCO)c1)C(C)(C)C. The van der Waals surface area contributed by atoms with Crippen LogP contribution >= 0.6 is 0 Å². The van der Waals surface area contributed by atoms with E-state index >= 15 is 0 Å². The molecule has 0 bridgehead atoms. The first-order chi connectivity index (χ1) is 9.84. The Kier molecular flexibility index (Phi) is 6.39. The van der Waals surface area contributed by atoms with E-state index in [1.165, 1.54) is 6.20 Å². The fraction of sp³-hybridized carbons (Fsp3) is 0.529. The number of aromatic nitrogens is 1. The van der Waals surface area contributed by atoms with Gasteiger partial charge in [-0.05, 0) is 17.4 Å². The van der Waals surface area contributed by atoms with Gasteiger partial charge >= 0.3 is 0 Å². The predicted octanol–water partition coefficient (Wildman–Crippen LogP) is 2.23. The van der Waals surface area contributed by atoms with Crippen molar-refractivity contribution in [1.29, 1.82) is 0 Å². The lowest BCUT2D eigenvalue weighted by Gasteiger charge is -2.27. The summed E-state index contributed by atoms with van der Waals surface area (Å²) in [5, 5.41) is 11.6. The Morgan fingerprint density at radius 3 is 2.76 bits per heavy atom. The molecule has 0 aliphatic rings. The van der Waals surface area contributed by atoms with Crippen molar-refractivity contribution in [2.75, 3.05) is 13.2 Å². The number of nitrogens with one attached hydrogen (secondary N) is 1. The number of hydrogen-bond acceptors (Lipinski definition) is 3. The Bertz CT molecular complexity index is 536. The van der Waals surface area contributed by atoms with Gasteiger partial charge in [-0.25, -0.2) is 0 Å². The summed E-state index contributed by atoms with van der Waals surface area (Å²) in [6.45, 7) is 9.25. The molecule has 0 radical (unpaired) electrons. The molecule has 1 unspecified atom stereocenters. The molecule has 1 aromatic heterocycles. The number of rotatable bonds is 4. The summed E-state index contributed by atoms with van der Waals surface area (Å²) in [5.74, 6) is 5.94. The van der Waals surface area contributed by atoms with E-state index in [9.17, 15) is 4.79 Å². The zero-order valence-electron chi connectivity index (χ0n) is 13.2. The smallest absolute Gasteiger partial charge is 0.252 e. The van der Waals surface area contributed by atoms with Crippen LogP contribution in [0.2, 0.25) is 0 Å². The van der Waals surface area contributed by atoms with E-state index in [1.807, 2.05) is 0 Å². The summed E-state index contributed by atoms with van der Waals surface area (Å²) < 4.78 is 0. The van der Waals surface area contributed by atoms with Crippen LogP contribution in [0.1, 0.15) is 50.0 Å². The van der Waals surface area contributed by atoms with Crippen LogP contribution in [0.25, 0.3) is 0 Å². The molecule has 2 N–H and O–H groups in total. The average molecular weight is 288 g/mol. The molecule has 1 rings (SSSR count). The highest BCUT2D eigenvalue weighted by atomic mass is 16.2. The Labute approximate surface area is 127 Å². The van der Waals surface area contributed by atoms with Gasteiger partial charge in [-0.2, -0.15) is 0 Å². The van der Waals surface area contributed by atoms with Gasteiger partial charge in [0, 0.05) is 30.9 Å². The summed E-state index contributed by atoms with van der Waals surface area (Å²) >= 11 is 0. The van der Waals surface area contributed by atoms with Gasteiger partial charge in [0.05, 0.1) is 12.2 Å². The second-order valence-electron chi connectivity index (χ2n) is 6.21. The highest BCUT2D eigenvalue weighted by Crippen LogP contribution is 2.24. The molecule has 21 heavy (non-hydrogen) atoms. The second-order valence-corrected chi connectivity index (χ2v) is 6.21. The van der Waals surface area contributed by atoms with Crippen molar-refractivity contribution >= 4 is 5.91 Å². The number of carbonyl (C=O) groups excluding carboxylic acids is 1. The monoisotopic (exact) mass is 288 g/mol. The topological polar surface area (TPSA) is 62.2 Å². The van der Waals surface area contributed by atoms with E-state index in [-0.39, 0.29) is 17.9 Å². The largest absolute Gasteiger partial charge is 0.395 e. The molecule has 0 fully saturated rings. The molecule has 0 aliphatic heterocycles. The number of aliphatic hydroxyl groups excluding tert-OH is 1. The highest BCUT2D eigenvalue weighted by molar-refractivity contribution is 5.94. The number of aliphatic hydroxyl groups is 1. The van der Waals surface area contributed by atoms with Crippen LogP contribution < -0.4 is 5.32 Å². The molecule has 1 aromatic rings. The van der Waals surface area contributed by atoms with Crippen molar-refractivity contribution in [3.63, 3.8) is 0 Å². The lowest BCUT2D eigenvalue weighted by atomic mass is 9.82. The summed E-state index contributed by atoms with van der Waals surface area (Å²) in [4.78, 5) is 16.2. The van der Waals surface area contributed by atoms with Crippen LogP contribution in [-0.2, 0) is 0 Å². The zero-order chi connectivity index (χ0) is 15.9. The molecular formula is C17H24N2O2. The van der Waals surface area contributed by atoms with Crippen molar-refractivity contribution in [1.82, 2.24) is 10.3 Å². The zero-order valence-corrected chi connectivity index (χ0v) is 13.2. The lowest BCUT2D eigenvalue weighted by Crippen LogP contribution is -2.33. The Morgan fingerprint density at radius 1 is 1.43 bits per heavy atom. The molecule has 114 valence electrons. The van der Waals surface area contributed by atoms with E-state index in [2.05, 4.69) is 49.8 Å². The van der Waals surface area contributed by atoms with E-state index in [0.717, 1.165) is 0 Å². The molecule has 0 aliphatic carbocycles. The predicted molar refractivity (Wildman–Crippen MR) is 83.8 cm³/mol. The minimum Gasteiger partial charge on any atom is -0.395 e. The number of nitrogens with zero attached hydrogens (tertiary/aromatic N) is 1. The molecule has 1 atom stereocenters. The second kappa shape index (κ2) is 7.80. The molecule has 0 saturated heterocycles. The fourth-order valence-electron chi connectivity index (χ4n) is 1.51. The normalized spacial score (nSPS) is 12.2. The van der Waals surface area contributed by atoms with Gasteiger partial charge in [0.25, 0.3) is 5.91 Å². The number of carbonyl (C=O) groups is 1. The standard InChI is InChI=1S/C17H24N2O2/c1-13(17(2,3)4)10-19-16(21)15-9-14(11-18-12-15)7-5-6-8-20/h9,11-13,20H,6,8,10H2,1-4H3,(H,19,21). The summed E-state index contributed by atoms with van der Waals surface area (Å²) in [5.41, 5.74) is 1.34. The maximum absolute atomic E-state index is 12.1. The summed E-state index contributed by atoms with van der Waals surface area (Å²) in [7, 11) is 0. The van der Waals surface area contributed by atoms with E-state index in [4.69, 9.17) is 5.11 Å². The van der Waals surface area contributed by atoms with E-state index in [1.54, 1.807) is 12.3 Å². The molecule has 1 amide bonds. The quantitative estimate of drug-likeness (QED) is 0.835. The van der Waals surface area contributed by atoms with Crippen LogP contribution in [0.3, 0.4) is 0 Å². The Morgan fingerprint density at radius 2 is 2.14 bits per heavy atom. The van der Waals surface area contributed by atoms with Crippen LogP contribution in [0.5, 0.6) is 0 Å². The average Bonchev–Trinajstić information content (AvgIpc) is 2.44. The van der Waals surface area contributed by atoms with Crippen molar-refractivity contribution in [3.05, 3.63) is 29.6 Å². The third kappa shape index (κ3) is 5.97. The molecule has 4 nitrogen and oxygen atoms in total. The maximum Gasteiger partial charge on any atom is 0.252 e. The first kappa shape index (κ1) is 17.2. The van der Waals surface area contributed by atoms with Gasteiger partial charge in [0.2, 0.25) is 0 Å². The van der Waals surface area contributed by atoms with Gasteiger partial charge in [-0.15, -0.1) is 0 Å². The molecular weight excluding hydrogens is 264 g/mol. The lowest BCUT2D eigenvalue weighted by molar-refractivity contribution is 0.0936. The van der Waals surface area contributed by atoms with Crippen LogP contribution in [0, 0.1) is 23.2 Å². The first-order valence-corrected chi connectivity index (χ1v) is 7.17. The van der Waals surface area contributed by atoms with Crippen molar-refractivity contribution in [2.45, 2.75) is 34.1 Å². The van der Waals surface area contributed by atoms with E-state index < -0.39 is 0 Å². The fourth-order valence-corrected chi connectivity index (χ4v) is 1.51. The van der Waals surface area contributed by atoms with Crippen LogP contribution in [0.15, 0.2) is 18.5 Å². The minimum absolute atomic E-state index is 0.0330. The van der Waals surface area contributed by atoms with Crippen LogP contribution in [0.4, 0.5) is 0 Å². The van der Waals surface area contributed by atoms with Gasteiger partial charge in [0.1, 0.15) is 0 Å². The molecule has 0 aromatic carbocycles. The number of hydrogen-bond donors (Lipinski definition) is 2. The highest BCUT2D eigenvalue weighted by Gasteiger charge is 2.20. The third-order valence-corrected chi connectivity index (χ3v) is 3.52. The van der Waals surface area contributed by atoms with Crippen molar-refractivity contribution < 1.29 is 9.90 Å².